The Morgan fingerprint density at radius 2 is 2.11 bits per heavy atom. The first-order valence-electron chi connectivity index (χ1n) is 7.15. The SMILES string of the molecule is CCc1cc(CN2CC(O)(C3CC3)C2)n(CC)n1. The minimum Gasteiger partial charge on any atom is -0.387 e. The molecule has 1 saturated carbocycles. The lowest BCUT2D eigenvalue weighted by atomic mass is 9.88. The van der Waals surface area contributed by atoms with Gasteiger partial charge >= 0.3 is 0 Å². The van der Waals surface area contributed by atoms with Crippen molar-refractivity contribution in [1.82, 2.24) is 14.7 Å². The summed E-state index contributed by atoms with van der Waals surface area (Å²) in [4.78, 5) is 2.33. The van der Waals surface area contributed by atoms with Crippen LogP contribution in [0.4, 0.5) is 0 Å². The van der Waals surface area contributed by atoms with Crippen LogP contribution < -0.4 is 0 Å². The molecule has 0 atom stereocenters. The van der Waals surface area contributed by atoms with E-state index in [9.17, 15) is 5.11 Å². The van der Waals surface area contributed by atoms with Crippen LogP contribution in [0.3, 0.4) is 0 Å². The predicted octanol–water partition coefficient (Wildman–Crippen LogP) is 1.42. The summed E-state index contributed by atoms with van der Waals surface area (Å²) in [7, 11) is 0. The van der Waals surface area contributed by atoms with Crippen molar-refractivity contribution in [1.29, 1.82) is 0 Å². The molecule has 1 saturated heterocycles. The van der Waals surface area contributed by atoms with Crippen LogP contribution in [-0.2, 0) is 19.5 Å². The van der Waals surface area contributed by atoms with Crippen molar-refractivity contribution < 1.29 is 5.11 Å². The van der Waals surface area contributed by atoms with Crippen LogP contribution >= 0.6 is 0 Å². The summed E-state index contributed by atoms with van der Waals surface area (Å²) in [6.07, 6.45) is 3.43. The van der Waals surface area contributed by atoms with E-state index in [1.54, 1.807) is 0 Å². The molecule has 1 aliphatic carbocycles. The van der Waals surface area contributed by atoms with Crippen molar-refractivity contribution >= 4 is 0 Å². The van der Waals surface area contributed by atoms with E-state index in [1.165, 1.54) is 24.2 Å². The molecule has 3 rings (SSSR count). The molecule has 4 heteroatoms. The second-order valence-corrected chi connectivity index (χ2v) is 5.82. The Labute approximate surface area is 109 Å². The summed E-state index contributed by atoms with van der Waals surface area (Å²) in [6, 6.07) is 2.21. The monoisotopic (exact) mass is 249 g/mol. The van der Waals surface area contributed by atoms with Crippen LogP contribution in [-0.4, -0.2) is 38.5 Å². The molecule has 0 bridgehead atoms. The average Bonchev–Trinajstić information content (AvgIpc) is 3.10. The fourth-order valence-corrected chi connectivity index (χ4v) is 3.04. The smallest absolute Gasteiger partial charge is 0.0928 e. The zero-order valence-corrected chi connectivity index (χ0v) is 11.4. The number of aromatic nitrogens is 2. The average molecular weight is 249 g/mol. The molecule has 2 aliphatic rings. The lowest BCUT2D eigenvalue weighted by Crippen LogP contribution is -2.62. The van der Waals surface area contributed by atoms with E-state index in [4.69, 9.17) is 0 Å². The minimum atomic E-state index is -0.370. The van der Waals surface area contributed by atoms with Gasteiger partial charge in [0.2, 0.25) is 0 Å². The van der Waals surface area contributed by atoms with Gasteiger partial charge in [-0.15, -0.1) is 0 Å². The van der Waals surface area contributed by atoms with Crippen LogP contribution in [0, 0.1) is 5.92 Å². The Bertz CT molecular complexity index is 430. The maximum absolute atomic E-state index is 10.3. The van der Waals surface area contributed by atoms with Gasteiger partial charge in [-0.25, -0.2) is 0 Å². The Kier molecular flexibility index (Phi) is 2.94. The molecule has 2 fully saturated rings. The number of hydrogen-bond acceptors (Lipinski definition) is 3. The Hall–Kier alpha value is -0.870. The maximum atomic E-state index is 10.3. The van der Waals surface area contributed by atoms with Crippen molar-refractivity contribution in [2.45, 2.75) is 51.8 Å². The maximum Gasteiger partial charge on any atom is 0.0928 e. The largest absolute Gasteiger partial charge is 0.387 e. The van der Waals surface area contributed by atoms with Gasteiger partial charge in [0.05, 0.1) is 17.0 Å². The van der Waals surface area contributed by atoms with Crippen molar-refractivity contribution in [2.75, 3.05) is 13.1 Å². The third kappa shape index (κ3) is 2.08. The van der Waals surface area contributed by atoms with E-state index in [0.29, 0.717) is 5.92 Å². The first-order chi connectivity index (χ1) is 8.64. The van der Waals surface area contributed by atoms with E-state index in [-0.39, 0.29) is 5.60 Å². The molecule has 1 aromatic heterocycles. The fourth-order valence-electron chi connectivity index (χ4n) is 3.04. The third-order valence-electron chi connectivity index (χ3n) is 4.29. The van der Waals surface area contributed by atoms with Gasteiger partial charge in [-0.3, -0.25) is 9.58 Å². The van der Waals surface area contributed by atoms with Crippen LogP contribution in [0.25, 0.3) is 0 Å². The number of hydrogen-bond donors (Lipinski definition) is 1. The summed E-state index contributed by atoms with van der Waals surface area (Å²) >= 11 is 0. The number of nitrogens with zero attached hydrogens (tertiary/aromatic N) is 3. The van der Waals surface area contributed by atoms with E-state index in [0.717, 1.165) is 32.6 Å². The van der Waals surface area contributed by atoms with Gasteiger partial charge in [-0.2, -0.15) is 5.10 Å². The summed E-state index contributed by atoms with van der Waals surface area (Å²) in [6.45, 7) is 7.81. The highest BCUT2D eigenvalue weighted by Gasteiger charge is 2.51. The van der Waals surface area contributed by atoms with Gasteiger partial charge in [0.15, 0.2) is 0 Å². The molecule has 1 aromatic rings. The van der Waals surface area contributed by atoms with Crippen LogP contribution in [0.1, 0.15) is 38.1 Å². The topological polar surface area (TPSA) is 41.3 Å². The van der Waals surface area contributed by atoms with Crippen LogP contribution in [0.15, 0.2) is 6.07 Å². The summed E-state index contributed by atoms with van der Waals surface area (Å²) < 4.78 is 2.09. The summed E-state index contributed by atoms with van der Waals surface area (Å²) in [5.74, 6) is 0.580. The fraction of sp³-hybridized carbons (Fsp3) is 0.786. The number of aryl methyl sites for hydroxylation is 2. The second kappa shape index (κ2) is 4.35. The van der Waals surface area contributed by atoms with Gasteiger partial charge in [-0.1, -0.05) is 6.92 Å². The highest BCUT2D eigenvalue weighted by atomic mass is 16.3. The van der Waals surface area contributed by atoms with Gasteiger partial charge in [0, 0.05) is 26.2 Å². The molecule has 2 heterocycles. The predicted molar refractivity (Wildman–Crippen MR) is 70.2 cm³/mol. The Morgan fingerprint density at radius 3 is 2.67 bits per heavy atom. The van der Waals surface area contributed by atoms with Crippen molar-refractivity contribution in [3.05, 3.63) is 17.5 Å². The zero-order valence-electron chi connectivity index (χ0n) is 11.4. The van der Waals surface area contributed by atoms with E-state index in [2.05, 4.69) is 34.6 Å². The molecule has 100 valence electrons. The highest BCUT2D eigenvalue weighted by Crippen LogP contribution is 2.44. The number of likely N-dealkylation sites (tertiary alicyclic amines) is 1. The molecule has 0 aromatic carbocycles. The Balaban J connectivity index is 1.61. The quantitative estimate of drug-likeness (QED) is 0.858. The van der Waals surface area contributed by atoms with Crippen molar-refractivity contribution in [3.63, 3.8) is 0 Å². The molecule has 0 spiro atoms. The third-order valence-corrected chi connectivity index (χ3v) is 4.29. The lowest BCUT2D eigenvalue weighted by Gasteiger charge is -2.47. The summed E-state index contributed by atoms with van der Waals surface area (Å²) in [5.41, 5.74) is 2.09. The van der Waals surface area contributed by atoms with Gasteiger partial charge in [0.1, 0.15) is 0 Å². The highest BCUT2D eigenvalue weighted by molar-refractivity contribution is 5.13. The van der Waals surface area contributed by atoms with Crippen LogP contribution in [0.2, 0.25) is 0 Å². The number of aliphatic hydroxyl groups is 1. The molecular weight excluding hydrogens is 226 g/mol. The van der Waals surface area contributed by atoms with Gasteiger partial charge < -0.3 is 5.11 Å². The standard InChI is InChI=1S/C14H23N3O/c1-3-12-7-13(17(4-2)15-12)8-16-9-14(18,10-16)11-5-6-11/h7,11,18H,3-6,8-10H2,1-2H3. The molecule has 18 heavy (non-hydrogen) atoms. The van der Waals surface area contributed by atoms with Crippen LogP contribution in [0.5, 0.6) is 0 Å². The van der Waals surface area contributed by atoms with E-state index in [1.807, 2.05) is 0 Å². The van der Waals surface area contributed by atoms with Crippen molar-refractivity contribution in [3.8, 4) is 0 Å². The first-order valence-corrected chi connectivity index (χ1v) is 7.15. The normalized spacial score (nSPS) is 23.1. The second-order valence-electron chi connectivity index (χ2n) is 5.82. The van der Waals surface area contributed by atoms with Gasteiger partial charge in [-0.05, 0) is 38.2 Å². The van der Waals surface area contributed by atoms with E-state index < -0.39 is 0 Å². The molecule has 4 nitrogen and oxygen atoms in total. The molecule has 0 unspecified atom stereocenters. The minimum absolute atomic E-state index is 0.370. The zero-order chi connectivity index (χ0) is 12.8. The molecule has 0 radical (unpaired) electrons. The first kappa shape index (κ1) is 12.2. The Morgan fingerprint density at radius 1 is 1.39 bits per heavy atom. The number of β-amino-alcohol motifs (C(OH)–C–C–N with tert-alkyl or cyclic N) is 1. The van der Waals surface area contributed by atoms with Crippen molar-refractivity contribution in [2.24, 2.45) is 5.92 Å². The molecule has 1 N–H and O–H groups in total. The van der Waals surface area contributed by atoms with E-state index >= 15 is 0 Å². The molecular formula is C14H23N3O. The number of rotatable bonds is 5. The lowest BCUT2D eigenvalue weighted by molar-refractivity contribution is -0.117. The molecule has 0 amide bonds. The van der Waals surface area contributed by atoms with Gasteiger partial charge in [0.25, 0.3) is 0 Å². The summed E-state index contributed by atoms with van der Waals surface area (Å²) in [5, 5.41) is 14.9. The molecule has 1 aliphatic heterocycles.